The summed E-state index contributed by atoms with van der Waals surface area (Å²) in [5.74, 6) is 1.09. The highest BCUT2D eigenvalue weighted by atomic mass is 32.2. The highest BCUT2D eigenvalue weighted by Gasteiger charge is 2.27. The quantitative estimate of drug-likeness (QED) is 0.325. The molecule has 5 nitrogen and oxygen atoms in total. The number of para-hydroxylation sites is 1. The number of ether oxygens (including phenoxy) is 1. The van der Waals surface area contributed by atoms with Gasteiger partial charge in [-0.25, -0.2) is 4.98 Å². The van der Waals surface area contributed by atoms with Gasteiger partial charge in [0.2, 0.25) is 0 Å². The number of rotatable bonds is 8. The summed E-state index contributed by atoms with van der Waals surface area (Å²) in [6.45, 7) is -1.03. The van der Waals surface area contributed by atoms with Crippen LogP contribution in [0.3, 0.4) is 0 Å². The number of hydrogen-bond donors (Lipinski definition) is 0. The molecule has 0 bridgehead atoms. The largest absolute Gasteiger partial charge is 0.467 e. The zero-order chi connectivity index (χ0) is 19.3. The summed E-state index contributed by atoms with van der Waals surface area (Å²) < 4.78 is 47.7. The van der Waals surface area contributed by atoms with Crippen molar-refractivity contribution in [3.8, 4) is 0 Å². The number of benzene rings is 1. The van der Waals surface area contributed by atoms with Gasteiger partial charge in [0, 0.05) is 12.4 Å². The van der Waals surface area contributed by atoms with Crippen LogP contribution in [0.1, 0.15) is 12.2 Å². The first kappa shape index (κ1) is 19.5. The first-order chi connectivity index (χ1) is 12.9. The van der Waals surface area contributed by atoms with Crippen molar-refractivity contribution in [2.75, 3.05) is 19.0 Å². The number of fused-ring (bicyclic) bond motifs is 1. The van der Waals surface area contributed by atoms with Crippen LogP contribution in [-0.4, -0.2) is 34.7 Å². The molecule has 2 aromatic heterocycles. The van der Waals surface area contributed by atoms with Crippen molar-refractivity contribution in [1.29, 1.82) is 0 Å². The molecule has 0 spiro atoms. The molecule has 0 fully saturated rings. The van der Waals surface area contributed by atoms with Crippen molar-refractivity contribution in [2.45, 2.75) is 24.3 Å². The molecule has 0 radical (unpaired) electrons. The predicted molar refractivity (Wildman–Crippen MR) is 96.0 cm³/mol. The fraction of sp³-hybridized carbons (Fsp3) is 0.333. The van der Waals surface area contributed by atoms with Crippen LogP contribution in [-0.2, 0) is 11.3 Å². The van der Waals surface area contributed by atoms with E-state index in [4.69, 9.17) is 4.42 Å². The molecule has 9 heteroatoms. The summed E-state index contributed by atoms with van der Waals surface area (Å²) in [4.78, 5) is 17.4. The lowest BCUT2D eigenvalue weighted by atomic mass is 10.2. The van der Waals surface area contributed by atoms with Gasteiger partial charge in [0.15, 0.2) is 5.16 Å². The molecule has 0 atom stereocenters. The minimum absolute atomic E-state index is 0.0114. The van der Waals surface area contributed by atoms with Crippen LogP contribution in [0, 0.1) is 0 Å². The summed E-state index contributed by atoms with van der Waals surface area (Å²) in [5.41, 5.74) is 0.391. The zero-order valence-electron chi connectivity index (χ0n) is 14.2. The van der Waals surface area contributed by atoms with Crippen LogP contribution in [0.15, 0.2) is 57.0 Å². The fourth-order valence-corrected chi connectivity index (χ4v) is 3.38. The van der Waals surface area contributed by atoms with Crippen molar-refractivity contribution in [3.05, 3.63) is 58.8 Å². The molecule has 27 heavy (non-hydrogen) atoms. The van der Waals surface area contributed by atoms with E-state index in [1.54, 1.807) is 36.4 Å². The zero-order valence-corrected chi connectivity index (χ0v) is 15.1. The third kappa shape index (κ3) is 5.36. The van der Waals surface area contributed by atoms with Gasteiger partial charge in [0.05, 0.1) is 23.7 Å². The fourth-order valence-electron chi connectivity index (χ4n) is 2.47. The molecule has 0 unspecified atom stereocenters. The second kappa shape index (κ2) is 8.62. The second-order valence-electron chi connectivity index (χ2n) is 5.75. The van der Waals surface area contributed by atoms with E-state index in [1.165, 1.54) is 22.6 Å². The van der Waals surface area contributed by atoms with E-state index in [0.29, 0.717) is 34.0 Å². The Morgan fingerprint density at radius 2 is 2.00 bits per heavy atom. The van der Waals surface area contributed by atoms with E-state index >= 15 is 0 Å². The summed E-state index contributed by atoms with van der Waals surface area (Å²) in [6, 6.07) is 10.5. The molecule has 3 rings (SSSR count). The summed E-state index contributed by atoms with van der Waals surface area (Å²) >= 11 is 1.30. The molecule has 0 amide bonds. The van der Waals surface area contributed by atoms with E-state index in [2.05, 4.69) is 9.72 Å². The highest BCUT2D eigenvalue weighted by molar-refractivity contribution is 7.99. The Balaban J connectivity index is 1.73. The Morgan fingerprint density at radius 3 is 2.74 bits per heavy atom. The topological polar surface area (TPSA) is 57.3 Å². The summed E-state index contributed by atoms with van der Waals surface area (Å²) in [7, 11) is 0. The second-order valence-corrected chi connectivity index (χ2v) is 6.81. The number of halogens is 3. The molecule has 1 aromatic carbocycles. The molecule has 0 N–H and O–H groups in total. The average molecular weight is 398 g/mol. The lowest BCUT2D eigenvalue weighted by molar-refractivity contribution is -0.173. The van der Waals surface area contributed by atoms with Gasteiger partial charge in [0.1, 0.15) is 12.4 Å². The number of hydrogen-bond acceptors (Lipinski definition) is 5. The Hall–Kier alpha value is -2.26. The highest BCUT2D eigenvalue weighted by Crippen LogP contribution is 2.20. The third-order valence-corrected chi connectivity index (χ3v) is 4.71. The minimum atomic E-state index is -4.32. The molecule has 0 saturated carbocycles. The van der Waals surface area contributed by atoms with Gasteiger partial charge in [-0.05, 0) is 30.7 Å². The predicted octanol–water partition coefficient (Wildman–Crippen LogP) is 4.10. The van der Waals surface area contributed by atoms with Crippen LogP contribution in [0.2, 0.25) is 0 Å². The lowest BCUT2D eigenvalue weighted by Crippen LogP contribution is -2.24. The van der Waals surface area contributed by atoms with Crippen molar-refractivity contribution in [2.24, 2.45) is 0 Å². The molecule has 0 saturated heterocycles. The Morgan fingerprint density at radius 1 is 1.19 bits per heavy atom. The van der Waals surface area contributed by atoms with Crippen LogP contribution < -0.4 is 5.56 Å². The van der Waals surface area contributed by atoms with Crippen molar-refractivity contribution < 1.29 is 22.3 Å². The van der Waals surface area contributed by atoms with Crippen molar-refractivity contribution >= 4 is 22.7 Å². The van der Waals surface area contributed by atoms with E-state index in [1.807, 2.05) is 0 Å². The van der Waals surface area contributed by atoms with Crippen LogP contribution >= 0.6 is 11.8 Å². The average Bonchev–Trinajstić information content (AvgIpc) is 3.13. The first-order valence-corrected chi connectivity index (χ1v) is 9.22. The molecule has 0 aliphatic heterocycles. The van der Waals surface area contributed by atoms with E-state index < -0.39 is 12.8 Å². The monoisotopic (exact) mass is 398 g/mol. The van der Waals surface area contributed by atoms with Gasteiger partial charge in [0.25, 0.3) is 5.56 Å². The maximum atomic E-state index is 12.8. The normalized spacial score (nSPS) is 12.0. The van der Waals surface area contributed by atoms with Crippen LogP contribution in [0.5, 0.6) is 0 Å². The van der Waals surface area contributed by atoms with E-state index in [9.17, 15) is 18.0 Å². The number of aromatic nitrogens is 2. The van der Waals surface area contributed by atoms with Gasteiger partial charge in [-0.15, -0.1) is 0 Å². The molecule has 2 heterocycles. The van der Waals surface area contributed by atoms with Crippen molar-refractivity contribution in [3.63, 3.8) is 0 Å². The van der Waals surface area contributed by atoms with Gasteiger partial charge >= 0.3 is 6.18 Å². The smallest absolute Gasteiger partial charge is 0.411 e. The number of thioether (sulfide) groups is 1. The summed E-state index contributed by atoms with van der Waals surface area (Å²) in [6.07, 6.45) is -2.39. The van der Waals surface area contributed by atoms with E-state index in [-0.39, 0.29) is 18.7 Å². The molecule has 144 valence electrons. The molecule has 0 aliphatic rings. The third-order valence-electron chi connectivity index (χ3n) is 3.65. The number of nitrogens with zero attached hydrogens (tertiary/aromatic N) is 2. The van der Waals surface area contributed by atoms with Gasteiger partial charge in [-0.2, -0.15) is 13.2 Å². The molecule has 3 aromatic rings. The Bertz CT molecular complexity index is 939. The Labute approximate surface area is 157 Å². The van der Waals surface area contributed by atoms with E-state index in [0.717, 1.165) is 0 Å². The van der Waals surface area contributed by atoms with Gasteiger partial charge < -0.3 is 9.15 Å². The summed E-state index contributed by atoms with van der Waals surface area (Å²) in [5, 5.41) is 0.993. The maximum Gasteiger partial charge on any atom is 0.411 e. The van der Waals surface area contributed by atoms with Gasteiger partial charge in [-0.1, -0.05) is 23.9 Å². The SMILES string of the molecule is O=c1c2ccccc2nc(SCCCOCC(F)(F)F)n1Cc1ccco1. The van der Waals surface area contributed by atoms with Crippen LogP contribution in [0.4, 0.5) is 13.2 Å². The Kier molecular flexibility index (Phi) is 6.22. The molecular weight excluding hydrogens is 381 g/mol. The van der Waals surface area contributed by atoms with Crippen molar-refractivity contribution in [1.82, 2.24) is 9.55 Å². The van der Waals surface area contributed by atoms with Gasteiger partial charge in [-0.3, -0.25) is 9.36 Å². The maximum absolute atomic E-state index is 12.8. The minimum Gasteiger partial charge on any atom is -0.467 e. The molecule has 0 aliphatic carbocycles. The number of furan rings is 1. The first-order valence-electron chi connectivity index (χ1n) is 8.23. The molecular formula is C18H17F3N2O3S. The number of alkyl halides is 3. The standard InChI is InChI=1S/C18H17F3N2O3S/c19-18(20,21)12-25-8-4-10-27-17-22-15-7-2-1-6-14(15)16(24)23(17)11-13-5-3-9-26-13/h1-3,5-7,9H,4,8,10-12H2. The lowest BCUT2D eigenvalue weighted by Gasteiger charge is -2.12. The van der Waals surface area contributed by atoms with Crippen LogP contribution in [0.25, 0.3) is 10.9 Å².